The first-order valence-electron chi connectivity index (χ1n) is 5.02. The van der Waals surface area contributed by atoms with E-state index in [1.165, 1.54) is 0 Å². The molecule has 0 radical (unpaired) electrons. The van der Waals surface area contributed by atoms with E-state index in [2.05, 4.69) is 26.2 Å². The first-order chi connectivity index (χ1) is 8.49. The van der Waals surface area contributed by atoms with E-state index in [4.69, 9.17) is 0 Å². The van der Waals surface area contributed by atoms with Gasteiger partial charge in [0.1, 0.15) is 0 Å². The van der Waals surface area contributed by atoms with Gasteiger partial charge in [-0.15, -0.1) is 0 Å². The van der Waals surface area contributed by atoms with E-state index in [-0.39, 0.29) is 5.82 Å². The molecule has 1 N–H and O–H groups in total. The van der Waals surface area contributed by atoms with Gasteiger partial charge < -0.3 is 5.32 Å². The summed E-state index contributed by atoms with van der Waals surface area (Å²) in [6.45, 7) is 1.85. The van der Waals surface area contributed by atoms with Crippen LogP contribution in [0.3, 0.4) is 0 Å². The molecule has 0 saturated heterocycles. The molecule has 1 aromatic heterocycles. The Morgan fingerprint density at radius 1 is 1.17 bits per heavy atom. The molecule has 0 bridgehead atoms. The Labute approximate surface area is 110 Å². The van der Waals surface area contributed by atoms with Crippen LogP contribution >= 0.6 is 15.9 Å². The predicted octanol–water partition coefficient (Wildman–Crippen LogP) is 4.31. The predicted molar refractivity (Wildman–Crippen MR) is 66.3 cm³/mol. The molecule has 0 unspecified atom stereocenters. The lowest BCUT2D eigenvalue weighted by Gasteiger charge is -2.10. The minimum absolute atomic E-state index is 0.361. The van der Waals surface area contributed by atoms with Gasteiger partial charge in [-0.1, -0.05) is 12.1 Å². The second-order valence-electron chi connectivity index (χ2n) is 3.65. The van der Waals surface area contributed by atoms with E-state index in [1.54, 1.807) is 12.1 Å². The molecule has 0 saturated carbocycles. The molecular formula is C12H8BrF3N2. The summed E-state index contributed by atoms with van der Waals surface area (Å²) < 4.78 is 39.8. The van der Waals surface area contributed by atoms with Crippen molar-refractivity contribution in [3.63, 3.8) is 0 Å². The van der Waals surface area contributed by atoms with E-state index >= 15 is 0 Å². The third-order valence-electron chi connectivity index (χ3n) is 2.33. The minimum Gasteiger partial charge on any atom is -0.337 e. The first-order valence-corrected chi connectivity index (χ1v) is 5.82. The van der Waals surface area contributed by atoms with Gasteiger partial charge in [0, 0.05) is 10.5 Å². The molecular weight excluding hydrogens is 309 g/mol. The quantitative estimate of drug-likeness (QED) is 0.835. The third kappa shape index (κ3) is 2.48. The summed E-state index contributed by atoms with van der Waals surface area (Å²) in [4.78, 5) is 3.19. The van der Waals surface area contributed by atoms with Crippen molar-refractivity contribution in [1.82, 2.24) is 4.98 Å². The molecule has 0 aliphatic heterocycles. The van der Waals surface area contributed by atoms with Gasteiger partial charge in [-0.25, -0.2) is 8.78 Å². The van der Waals surface area contributed by atoms with Crippen LogP contribution in [0.5, 0.6) is 0 Å². The number of aromatic nitrogens is 1. The van der Waals surface area contributed by atoms with E-state index in [0.717, 1.165) is 5.56 Å². The highest BCUT2D eigenvalue weighted by Crippen LogP contribution is 2.29. The lowest BCUT2D eigenvalue weighted by molar-refractivity contribution is 0.467. The smallest absolute Gasteiger partial charge is 0.251 e. The van der Waals surface area contributed by atoms with Gasteiger partial charge in [-0.05, 0) is 34.5 Å². The highest BCUT2D eigenvalue weighted by Gasteiger charge is 2.13. The fourth-order valence-corrected chi connectivity index (χ4v) is 1.77. The highest BCUT2D eigenvalue weighted by molar-refractivity contribution is 9.10. The minimum atomic E-state index is -1.34. The van der Waals surface area contributed by atoms with Gasteiger partial charge in [0.05, 0.1) is 5.69 Å². The summed E-state index contributed by atoms with van der Waals surface area (Å²) >= 11 is 3.31. The maximum Gasteiger partial charge on any atom is 0.251 e. The first kappa shape index (κ1) is 12.9. The molecule has 0 aliphatic rings. The molecule has 18 heavy (non-hydrogen) atoms. The topological polar surface area (TPSA) is 24.9 Å². The van der Waals surface area contributed by atoms with Gasteiger partial charge in [0.2, 0.25) is 0 Å². The molecule has 0 spiro atoms. The van der Waals surface area contributed by atoms with Crippen molar-refractivity contribution in [1.29, 1.82) is 0 Å². The summed E-state index contributed by atoms with van der Waals surface area (Å²) in [5, 5.41) is 2.61. The molecule has 1 aromatic carbocycles. The Morgan fingerprint density at radius 2 is 1.89 bits per heavy atom. The van der Waals surface area contributed by atoms with Crippen LogP contribution in [0.15, 0.2) is 28.7 Å². The second-order valence-corrected chi connectivity index (χ2v) is 4.45. The molecule has 0 atom stereocenters. The SMILES string of the molecule is Cc1cccc(Nc2nc(F)c(F)cc2F)c1Br. The summed E-state index contributed by atoms with van der Waals surface area (Å²) in [7, 11) is 0. The second kappa shape index (κ2) is 4.97. The van der Waals surface area contributed by atoms with Gasteiger partial charge in [-0.3, -0.25) is 0 Å². The maximum absolute atomic E-state index is 13.4. The number of benzene rings is 1. The Balaban J connectivity index is 2.40. The van der Waals surface area contributed by atoms with Crippen molar-refractivity contribution in [2.75, 3.05) is 5.32 Å². The largest absolute Gasteiger partial charge is 0.337 e. The van der Waals surface area contributed by atoms with Crippen molar-refractivity contribution in [3.8, 4) is 0 Å². The van der Waals surface area contributed by atoms with Crippen molar-refractivity contribution in [2.45, 2.75) is 6.92 Å². The number of hydrogen-bond donors (Lipinski definition) is 1. The fraction of sp³-hybridized carbons (Fsp3) is 0.0833. The van der Waals surface area contributed by atoms with E-state index in [9.17, 15) is 13.2 Å². The van der Waals surface area contributed by atoms with Crippen molar-refractivity contribution < 1.29 is 13.2 Å². The van der Waals surface area contributed by atoms with Crippen LogP contribution < -0.4 is 5.32 Å². The van der Waals surface area contributed by atoms with Crippen LogP contribution in [0.25, 0.3) is 0 Å². The number of nitrogens with one attached hydrogen (secondary N) is 1. The fourth-order valence-electron chi connectivity index (χ4n) is 1.40. The van der Waals surface area contributed by atoms with Crippen molar-refractivity contribution in [3.05, 3.63) is 51.9 Å². The Hall–Kier alpha value is -1.56. The average molecular weight is 317 g/mol. The number of nitrogens with zero attached hydrogens (tertiary/aromatic N) is 1. The molecule has 94 valence electrons. The highest BCUT2D eigenvalue weighted by atomic mass is 79.9. The molecule has 0 amide bonds. The lowest BCUT2D eigenvalue weighted by Crippen LogP contribution is -2.02. The van der Waals surface area contributed by atoms with Gasteiger partial charge in [0.25, 0.3) is 5.95 Å². The van der Waals surface area contributed by atoms with Crippen LogP contribution in [-0.2, 0) is 0 Å². The number of aryl methyl sites for hydroxylation is 1. The molecule has 0 fully saturated rings. The molecule has 2 aromatic rings. The molecule has 0 aliphatic carbocycles. The Bertz CT molecular complexity index is 602. The van der Waals surface area contributed by atoms with Crippen LogP contribution in [-0.4, -0.2) is 4.98 Å². The van der Waals surface area contributed by atoms with E-state index < -0.39 is 17.6 Å². The third-order valence-corrected chi connectivity index (χ3v) is 3.38. The lowest BCUT2D eigenvalue weighted by atomic mass is 10.2. The van der Waals surface area contributed by atoms with E-state index in [1.807, 2.05) is 13.0 Å². The zero-order chi connectivity index (χ0) is 13.3. The molecule has 1 heterocycles. The Kier molecular flexibility index (Phi) is 3.56. The number of hydrogen-bond acceptors (Lipinski definition) is 2. The Morgan fingerprint density at radius 3 is 2.61 bits per heavy atom. The summed E-state index contributed by atoms with van der Waals surface area (Å²) in [5.74, 6) is -3.98. The zero-order valence-corrected chi connectivity index (χ0v) is 10.9. The molecule has 6 heteroatoms. The van der Waals surface area contributed by atoms with Gasteiger partial charge >= 0.3 is 0 Å². The standard InChI is InChI=1S/C12H8BrF3N2/c1-6-3-2-4-9(10(6)13)17-12-8(15)5-7(14)11(16)18-12/h2-5H,1H3,(H,17,18). The summed E-state index contributed by atoms with van der Waals surface area (Å²) in [6.07, 6.45) is 0. The monoisotopic (exact) mass is 316 g/mol. The van der Waals surface area contributed by atoms with E-state index in [0.29, 0.717) is 16.2 Å². The molecule has 2 nitrogen and oxygen atoms in total. The van der Waals surface area contributed by atoms with Crippen molar-refractivity contribution >= 4 is 27.4 Å². The maximum atomic E-state index is 13.4. The van der Waals surface area contributed by atoms with Gasteiger partial charge in [-0.2, -0.15) is 9.37 Å². The van der Waals surface area contributed by atoms with Crippen LogP contribution in [0.2, 0.25) is 0 Å². The number of halogens is 4. The average Bonchev–Trinajstić information content (AvgIpc) is 2.32. The number of pyridine rings is 1. The number of anilines is 2. The molecule has 2 rings (SSSR count). The number of rotatable bonds is 2. The van der Waals surface area contributed by atoms with Crippen LogP contribution in [0, 0.1) is 24.5 Å². The summed E-state index contributed by atoms with van der Waals surface area (Å²) in [5.41, 5.74) is 1.44. The normalized spacial score (nSPS) is 10.5. The van der Waals surface area contributed by atoms with Crippen LogP contribution in [0.4, 0.5) is 24.7 Å². The zero-order valence-electron chi connectivity index (χ0n) is 9.27. The van der Waals surface area contributed by atoms with Crippen LogP contribution in [0.1, 0.15) is 5.56 Å². The summed E-state index contributed by atoms with van der Waals surface area (Å²) in [6, 6.07) is 5.72. The van der Waals surface area contributed by atoms with Gasteiger partial charge in [0.15, 0.2) is 17.5 Å². The van der Waals surface area contributed by atoms with Crippen molar-refractivity contribution in [2.24, 2.45) is 0 Å².